The van der Waals surface area contributed by atoms with E-state index in [1.54, 1.807) is 13.0 Å². The Balaban J connectivity index is 1.45. The topological polar surface area (TPSA) is 99.3 Å². The van der Waals surface area contributed by atoms with Crippen LogP contribution in [0.25, 0.3) is 11.0 Å². The zero-order valence-electron chi connectivity index (χ0n) is 12.4. The number of carbonyl (C=O) groups excluding carboxylic acids is 1. The van der Waals surface area contributed by atoms with Gasteiger partial charge in [-0.3, -0.25) is 9.89 Å². The zero-order valence-corrected chi connectivity index (χ0v) is 13.2. The summed E-state index contributed by atoms with van der Waals surface area (Å²) in [7, 11) is 0. The summed E-state index contributed by atoms with van der Waals surface area (Å²) in [5.41, 5.74) is 1.37. The number of amides is 1. The van der Waals surface area contributed by atoms with Crippen LogP contribution in [-0.2, 0) is 11.2 Å². The minimum absolute atomic E-state index is 0.0976. The fourth-order valence-electron chi connectivity index (χ4n) is 2.04. The van der Waals surface area contributed by atoms with Crippen LogP contribution in [0.3, 0.4) is 0 Å². The summed E-state index contributed by atoms with van der Waals surface area (Å²) in [5, 5.41) is 10.0. The average molecular weight is 334 g/mol. The molecule has 0 bridgehead atoms. The predicted molar refractivity (Wildman–Crippen MR) is 84.6 cm³/mol. The van der Waals surface area contributed by atoms with Crippen molar-refractivity contribution in [3.8, 4) is 0 Å². The van der Waals surface area contributed by atoms with E-state index in [9.17, 15) is 9.18 Å². The first-order valence-corrected chi connectivity index (χ1v) is 8.01. The zero-order chi connectivity index (χ0) is 16.2. The molecule has 2 aromatic heterocycles. The van der Waals surface area contributed by atoms with Crippen LogP contribution in [0.2, 0.25) is 0 Å². The molecule has 0 atom stereocenters. The summed E-state index contributed by atoms with van der Waals surface area (Å²) < 4.78 is 13.1. The van der Waals surface area contributed by atoms with Crippen LogP contribution in [0, 0.1) is 12.7 Å². The minimum Gasteiger partial charge on any atom is -0.355 e. The molecule has 23 heavy (non-hydrogen) atoms. The molecule has 0 radical (unpaired) electrons. The Kier molecular flexibility index (Phi) is 4.56. The SMILES string of the molecule is Cc1nc(SCC(=O)NCCc2nc3ccc(F)cc3[nH]2)n[nH]1. The highest BCUT2D eigenvalue weighted by molar-refractivity contribution is 7.99. The van der Waals surface area contributed by atoms with Gasteiger partial charge in [-0.05, 0) is 25.1 Å². The van der Waals surface area contributed by atoms with E-state index in [1.165, 1.54) is 23.9 Å². The van der Waals surface area contributed by atoms with Crippen LogP contribution in [0.1, 0.15) is 11.6 Å². The van der Waals surface area contributed by atoms with Crippen molar-refractivity contribution in [2.45, 2.75) is 18.5 Å². The molecule has 0 aliphatic rings. The molecule has 7 nitrogen and oxygen atoms in total. The lowest BCUT2D eigenvalue weighted by Gasteiger charge is -2.02. The number of benzene rings is 1. The second-order valence-electron chi connectivity index (χ2n) is 4.94. The number of carbonyl (C=O) groups is 1. The van der Waals surface area contributed by atoms with Gasteiger partial charge in [0.05, 0.1) is 16.8 Å². The normalized spacial score (nSPS) is 11.0. The molecular weight excluding hydrogens is 319 g/mol. The van der Waals surface area contributed by atoms with Crippen molar-refractivity contribution in [2.75, 3.05) is 12.3 Å². The van der Waals surface area contributed by atoms with Gasteiger partial charge < -0.3 is 10.3 Å². The number of thioether (sulfide) groups is 1. The largest absolute Gasteiger partial charge is 0.355 e. The highest BCUT2D eigenvalue weighted by atomic mass is 32.2. The molecule has 1 aromatic carbocycles. The van der Waals surface area contributed by atoms with Gasteiger partial charge in [-0.15, -0.1) is 5.10 Å². The van der Waals surface area contributed by atoms with Gasteiger partial charge in [0, 0.05) is 13.0 Å². The second kappa shape index (κ2) is 6.78. The molecule has 9 heteroatoms. The minimum atomic E-state index is -0.305. The van der Waals surface area contributed by atoms with Gasteiger partial charge in [-0.25, -0.2) is 14.4 Å². The molecule has 3 rings (SSSR count). The molecule has 0 unspecified atom stereocenters. The predicted octanol–water partition coefficient (Wildman–Crippen LogP) is 1.58. The Bertz CT molecular complexity index is 830. The number of hydrogen-bond donors (Lipinski definition) is 3. The highest BCUT2D eigenvalue weighted by Gasteiger charge is 2.07. The maximum Gasteiger partial charge on any atom is 0.230 e. The fourth-order valence-corrected chi connectivity index (χ4v) is 2.72. The maximum atomic E-state index is 13.1. The van der Waals surface area contributed by atoms with Gasteiger partial charge in [0.25, 0.3) is 0 Å². The molecule has 0 aliphatic heterocycles. The first-order valence-electron chi connectivity index (χ1n) is 7.03. The number of aryl methyl sites for hydroxylation is 1. The molecule has 0 fully saturated rings. The van der Waals surface area contributed by atoms with Crippen LogP contribution in [0.5, 0.6) is 0 Å². The van der Waals surface area contributed by atoms with E-state index >= 15 is 0 Å². The van der Waals surface area contributed by atoms with Gasteiger partial charge in [0.2, 0.25) is 11.1 Å². The summed E-state index contributed by atoms with van der Waals surface area (Å²) >= 11 is 1.27. The Hall–Kier alpha value is -2.42. The highest BCUT2D eigenvalue weighted by Crippen LogP contribution is 2.13. The summed E-state index contributed by atoms with van der Waals surface area (Å²) in [6, 6.07) is 4.40. The van der Waals surface area contributed by atoms with Crippen molar-refractivity contribution in [2.24, 2.45) is 0 Å². The Labute approximate surface area is 135 Å². The van der Waals surface area contributed by atoms with Crippen molar-refractivity contribution in [1.29, 1.82) is 0 Å². The van der Waals surface area contributed by atoms with Crippen LogP contribution in [-0.4, -0.2) is 43.4 Å². The van der Waals surface area contributed by atoms with Crippen LogP contribution in [0.4, 0.5) is 4.39 Å². The van der Waals surface area contributed by atoms with Crippen LogP contribution in [0.15, 0.2) is 23.4 Å². The lowest BCUT2D eigenvalue weighted by atomic mass is 10.3. The number of rotatable bonds is 6. The monoisotopic (exact) mass is 334 g/mol. The number of nitrogens with zero attached hydrogens (tertiary/aromatic N) is 3. The molecule has 3 N–H and O–H groups in total. The van der Waals surface area contributed by atoms with E-state index in [4.69, 9.17) is 0 Å². The third kappa shape index (κ3) is 4.07. The van der Waals surface area contributed by atoms with E-state index in [-0.39, 0.29) is 17.5 Å². The molecular formula is C14H15FN6OS. The van der Waals surface area contributed by atoms with Crippen LogP contribution >= 0.6 is 11.8 Å². The molecule has 1 amide bonds. The molecule has 120 valence electrons. The first kappa shape index (κ1) is 15.5. The number of fused-ring (bicyclic) bond motifs is 1. The van der Waals surface area contributed by atoms with Gasteiger partial charge in [-0.1, -0.05) is 11.8 Å². The summed E-state index contributed by atoms with van der Waals surface area (Å²) in [6.07, 6.45) is 0.548. The van der Waals surface area contributed by atoms with Crippen molar-refractivity contribution in [3.05, 3.63) is 35.7 Å². The number of nitrogens with one attached hydrogen (secondary N) is 3. The number of aromatic nitrogens is 5. The van der Waals surface area contributed by atoms with E-state index < -0.39 is 0 Å². The lowest BCUT2D eigenvalue weighted by Crippen LogP contribution is -2.27. The van der Waals surface area contributed by atoms with Gasteiger partial charge in [0.1, 0.15) is 17.5 Å². The standard InChI is InChI=1S/C14H15FN6OS/c1-8-17-14(21-20-8)23-7-13(22)16-5-4-12-18-10-3-2-9(15)6-11(10)19-12/h2-3,6H,4-5,7H2,1H3,(H,16,22)(H,18,19)(H,17,20,21). The van der Waals surface area contributed by atoms with Crippen molar-refractivity contribution >= 4 is 28.7 Å². The van der Waals surface area contributed by atoms with Gasteiger partial charge >= 0.3 is 0 Å². The summed E-state index contributed by atoms with van der Waals surface area (Å²) in [6.45, 7) is 2.26. The first-order chi connectivity index (χ1) is 11.1. The Morgan fingerprint density at radius 2 is 2.26 bits per heavy atom. The smallest absolute Gasteiger partial charge is 0.230 e. The molecule has 0 aliphatic carbocycles. The number of hydrogen-bond acceptors (Lipinski definition) is 5. The lowest BCUT2D eigenvalue weighted by molar-refractivity contribution is -0.118. The van der Waals surface area contributed by atoms with E-state index in [0.29, 0.717) is 40.8 Å². The fraction of sp³-hybridized carbons (Fsp3) is 0.286. The molecule has 0 saturated heterocycles. The molecule has 3 aromatic rings. The Morgan fingerprint density at radius 3 is 3.04 bits per heavy atom. The average Bonchev–Trinajstić information content (AvgIpc) is 3.10. The third-order valence-electron chi connectivity index (χ3n) is 3.09. The maximum absolute atomic E-state index is 13.1. The number of halogens is 1. The number of imidazole rings is 1. The van der Waals surface area contributed by atoms with Crippen molar-refractivity contribution in [1.82, 2.24) is 30.5 Å². The van der Waals surface area contributed by atoms with Gasteiger partial charge in [0.15, 0.2) is 0 Å². The number of H-pyrrole nitrogens is 2. The molecule has 2 heterocycles. The van der Waals surface area contributed by atoms with Crippen molar-refractivity contribution in [3.63, 3.8) is 0 Å². The quantitative estimate of drug-likeness (QED) is 0.594. The molecule has 0 spiro atoms. The molecule has 0 saturated carbocycles. The Morgan fingerprint density at radius 1 is 1.39 bits per heavy atom. The van der Waals surface area contributed by atoms with Crippen molar-refractivity contribution < 1.29 is 9.18 Å². The third-order valence-corrected chi connectivity index (χ3v) is 3.93. The van der Waals surface area contributed by atoms with Crippen LogP contribution < -0.4 is 5.32 Å². The van der Waals surface area contributed by atoms with E-state index in [2.05, 4.69) is 30.5 Å². The van der Waals surface area contributed by atoms with E-state index in [1.807, 2.05) is 0 Å². The second-order valence-corrected chi connectivity index (χ2v) is 5.88. The summed E-state index contributed by atoms with van der Waals surface area (Å²) in [5.74, 6) is 1.28. The number of aromatic amines is 2. The summed E-state index contributed by atoms with van der Waals surface area (Å²) in [4.78, 5) is 23.2. The van der Waals surface area contributed by atoms with Gasteiger partial charge in [-0.2, -0.15) is 0 Å². The van der Waals surface area contributed by atoms with E-state index in [0.717, 1.165) is 0 Å².